The van der Waals surface area contributed by atoms with Gasteiger partial charge in [-0.15, -0.1) is 0 Å². The minimum Gasteiger partial charge on any atom is -0.494 e. The van der Waals surface area contributed by atoms with Crippen LogP contribution in [0.4, 0.5) is 5.69 Å². The maximum atomic E-state index is 12.4. The average molecular weight is 385 g/mol. The van der Waals surface area contributed by atoms with Crippen molar-refractivity contribution < 1.29 is 23.8 Å². The van der Waals surface area contributed by atoms with Gasteiger partial charge in [0.1, 0.15) is 11.5 Å². The van der Waals surface area contributed by atoms with E-state index in [0.717, 1.165) is 28.1 Å². The van der Waals surface area contributed by atoms with Crippen molar-refractivity contribution >= 4 is 17.6 Å². The van der Waals surface area contributed by atoms with Gasteiger partial charge in [-0.2, -0.15) is 0 Å². The molecule has 0 saturated carbocycles. The van der Waals surface area contributed by atoms with Crippen molar-refractivity contribution in [2.24, 2.45) is 0 Å². The lowest BCUT2D eigenvalue weighted by Crippen LogP contribution is -2.32. The topological polar surface area (TPSA) is 73.9 Å². The highest BCUT2D eigenvalue weighted by molar-refractivity contribution is 5.96. The highest BCUT2D eigenvalue weighted by Gasteiger charge is 2.19. The van der Waals surface area contributed by atoms with Crippen molar-refractivity contribution in [1.29, 1.82) is 0 Å². The van der Waals surface area contributed by atoms with Gasteiger partial charge >= 0.3 is 5.97 Å². The summed E-state index contributed by atoms with van der Waals surface area (Å²) in [5.74, 6) is 0.242. The summed E-state index contributed by atoms with van der Waals surface area (Å²) >= 11 is 0. The number of rotatable bonds is 8. The first-order chi connectivity index (χ1) is 13.3. The SMILES string of the molecule is CCOc1ccc(OCC(=O)O[C@@H](C)C(=O)Nc2c(C)cc(C)cc2C)cc1. The standard InChI is InChI=1S/C22H27NO5/c1-6-26-18-7-9-19(10-8-18)27-13-20(24)28-17(5)22(25)23-21-15(3)11-14(2)12-16(21)4/h7-12,17H,6,13H2,1-5H3,(H,23,25)/t17-/m0/s1. The molecule has 0 saturated heterocycles. The van der Waals surface area contributed by atoms with Crippen molar-refractivity contribution in [2.45, 2.75) is 40.7 Å². The predicted molar refractivity (Wildman–Crippen MR) is 108 cm³/mol. The molecule has 2 rings (SSSR count). The van der Waals surface area contributed by atoms with Crippen LogP contribution >= 0.6 is 0 Å². The van der Waals surface area contributed by atoms with Gasteiger partial charge in [0.05, 0.1) is 6.61 Å². The van der Waals surface area contributed by atoms with E-state index in [0.29, 0.717) is 12.4 Å². The van der Waals surface area contributed by atoms with E-state index in [1.807, 2.05) is 39.8 Å². The second-order valence-corrected chi connectivity index (χ2v) is 6.59. The number of aryl methyl sites for hydroxylation is 3. The van der Waals surface area contributed by atoms with Crippen molar-refractivity contribution in [3.8, 4) is 11.5 Å². The zero-order valence-electron chi connectivity index (χ0n) is 17.0. The Kier molecular flexibility index (Phi) is 7.44. The number of ether oxygens (including phenoxy) is 3. The second kappa shape index (κ2) is 9.78. The minimum atomic E-state index is -0.934. The van der Waals surface area contributed by atoms with Gasteiger partial charge in [-0.1, -0.05) is 17.7 Å². The summed E-state index contributed by atoms with van der Waals surface area (Å²) < 4.78 is 15.9. The molecule has 6 heteroatoms. The molecule has 2 aromatic carbocycles. The van der Waals surface area contributed by atoms with Crippen LogP contribution in [0.3, 0.4) is 0 Å². The van der Waals surface area contributed by atoms with Crippen LogP contribution < -0.4 is 14.8 Å². The molecule has 0 aliphatic heterocycles. The van der Waals surface area contributed by atoms with E-state index >= 15 is 0 Å². The molecule has 0 fully saturated rings. The van der Waals surface area contributed by atoms with E-state index in [9.17, 15) is 9.59 Å². The normalized spacial score (nSPS) is 11.5. The zero-order valence-corrected chi connectivity index (χ0v) is 17.0. The number of anilines is 1. The Balaban J connectivity index is 1.85. The second-order valence-electron chi connectivity index (χ2n) is 6.59. The highest BCUT2D eigenvalue weighted by Crippen LogP contribution is 2.22. The Morgan fingerprint density at radius 1 is 0.964 bits per heavy atom. The molecule has 6 nitrogen and oxygen atoms in total. The van der Waals surface area contributed by atoms with Gasteiger partial charge in [0, 0.05) is 5.69 Å². The molecule has 1 atom stereocenters. The number of esters is 1. The van der Waals surface area contributed by atoms with Gasteiger partial charge in [-0.3, -0.25) is 4.79 Å². The number of carbonyl (C=O) groups is 2. The Morgan fingerprint density at radius 3 is 2.04 bits per heavy atom. The molecular weight excluding hydrogens is 358 g/mol. The lowest BCUT2D eigenvalue weighted by molar-refractivity contribution is -0.155. The molecule has 28 heavy (non-hydrogen) atoms. The van der Waals surface area contributed by atoms with E-state index < -0.39 is 12.1 Å². The lowest BCUT2D eigenvalue weighted by Gasteiger charge is -2.17. The molecule has 0 heterocycles. The van der Waals surface area contributed by atoms with Gasteiger partial charge < -0.3 is 19.5 Å². The number of hydrogen-bond donors (Lipinski definition) is 1. The Bertz CT molecular complexity index is 806. The lowest BCUT2D eigenvalue weighted by atomic mass is 10.0. The summed E-state index contributed by atoms with van der Waals surface area (Å²) in [5, 5.41) is 2.83. The monoisotopic (exact) mass is 385 g/mol. The fourth-order valence-corrected chi connectivity index (χ4v) is 2.83. The third-order valence-electron chi connectivity index (χ3n) is 4.09. The van der Waals surface area contributed by atoms with Crippen LogP contribution in [0.5, 0.6) is 11.5 Å². The number of nitrogens with one attached hydrogen (secondary N) is 1. The van der Waals surface area contributed by atoms with Crippen LogP contribution in [0, 0.1) is 20.8 Å². The third-order valence-corrected chi connectivity index (χ3v) is 4.09. The van der Waals surface area contributed by atoms with Crippen LogP contribution in [-0.4, -0.2) is 31.2 Å². The van der Waals surface area contributed by atoms with Crippen molar-refractivity contribution in [1.82, 2.24) is 0 Å². The summed E-state index contributed by atoms with van der Waals surface area (Å²) in [4.78, 5) is 24.3. The molecule has 0 aliphatic carbocycles. The zero-order chi connectivity index (χ0) is 20.7. The smallest absolute Gasteiger partial charge is 0.344 e. The largest absolute Gasteiger partial charge is 0.494 e. The van der Waals surface area contributed by atoms with Crippen LogP contribution in [-0.2, 0) is 14.3 Å². The Hall–Kier alpha value is -3.02. The maximum Gasteiger partial charge on any atom is 0.344 e. The van der Waals surface area contributed by atoms with Gasteiger partial charge in [-0.05, 0) is 70.0 Å². The summed E-state index contributed by atoms with van der Waals surface area (Å²) in [6, 6.07) is 10.9. The van der Waals surface area contributed by atoms with E-state index in [1.54, 1.807) is 24.3 Å². The molecule has 0 aromatic heterocycles. The molecule has 0 aliphatic rings. The summed E-state index contributed by atoms with van der Waals surface area (Å²) in [7, 11) is 0. The van der Waals surface area contributed by atoms with E-state index in [2.05, 4.69) is 5.32 Å². The van der Waals surface area contributed by atoms with Gasteiger partial charge in [0.25, 0.3) is 5.91 Å². The first kappa shape index (κ1) is 21.3. The quantitative estimate of drug-likeness (QED) is 0.696. The maximum absolute atomic E-state index is 12.4. The predicted octanol–water partition coefficient (Wildman–Crippen LogP) is 3.96. The number of amides is 1. The van der Waals surface area contributed by atoms with Crippen molar-refractivity contribution in [3.05, 3.63) is 53.1 Å². The van der Waals surface area contributed by atoms with Gasteiger partial charge in [-0.25, -0.2) is 4.79 Å². The molecule has 1 N–H and O–H groups in total. The number of hydrogen-bond acceptors (Lipinski definition) is 5. The minimum absolute atomic E-state index is 0.284. The van der Waals surface area contributed by atoms with E-state index in [4.69, 9.17) is 14.2 Å². The van der Waals surface area contributed by atoms with Gasteiger partial charge in [0.15, 0.2) is 12.7 Å². The number of benzene rings is 2. The molecule has 0 unspecified atom stereocenters. The fraction of sp³-hybridized carbons (Fsp3) is 0.364. The highest BCUT2D eigenvalue weighted by atomic mass is 16.6. The summed E-state index contributed by atoms with van der Waals surface area (Å²) in [5.41, 5.74) is 3.79. The average Bonchev–Trinajstić information content (AvgIpc) is 2.64. The fourth-order valence-electron chi connectivity index (χ4n) is 2.83. The van der Waals surface area contributed by atoms with E-state index in [-0.39, 0.29) is 12.5 Å². The van der Waals surface area contributed by atoms with Crippen LogP contribution in [0.2, 0.25) is 0 Å². The molecular formula is C22H27NO5. The molecule has 0 radical (unpaired) electrons. The van der Waals surface area contributed by atoms with E-state index in [1.165, 1.54) is 6.92 Å². The Morgan fingerprint density at radius 2 is 1.50 bits per heavy atom. The summed E-state index contributed by atoms with van der Waals surface area (Å²) in [6.07, 6.45) is -0.934. The molecule has 0 bridgehead atoms. The first-order valence-electron chi connectivity index (χ1n) is 9.24. The van der Waals surface area contributed by atoms with Crippen molar-refractivity contribution in [3.63, 3.8) is 0 Å². The molecule has 2 aromatic rings. The molecule has 150 valence electrons. The number of carbonyl (C=O) groups excluding carboxylic acids is 2. The van der Waals surface area contributed by atoms with Crippen LogP contribution in [0.15, 0.2) is 36.4 Å². The van der Waals surface area contributed by atoms with Gasteiger partial charge in [0.2, 0.25) is 0 Å². The van der Waals surface area contributed by atoms with Crippen LogP contribution in [0.25, 0.3) is 0 Å². The van der Waals surface area contributed by atoms with Crippen molar-refractivity contribution in [2.75, 3.05) is 18.5 Å². The Labute approximate surface area is 165 Å². The summed E-state index contributed by atoms with van der Waals surface area (Å²) in [6.45, 7) is 9.58. The third kappa shape index (κ3) is 6.01. The molecule has 1 amide bonds. The first-order valence-corrected chi connectivity index (χ1v) is 9.24. The van der Waals surface area contributed by atoms with Crippen LogP contribution in [0.1, 0.15) is 30.5 Å². The molecule has 0 spiro atoms.